The van der Waals surface area contributed by atoms with Crippen LogP contribution in [0.1, 0.15) is 28.7 Å². The zero-order valence-electron chi connectivity index (χ0n) is 17.2. The maximum Gasteiger partial charge on any atom is 0.274 e. The van der Waals surface area contributed by atoms with Crippen molar-refractivity contribution in [1.82, 2.24) is 29.3 Å². The summed E-state index contributed by atoms with van der Waals surface area (Å²) in [6.07, 6.45) is 6.78. The molecule has 0 aliphatic rings. The number of aryl methyl sites for hydroxylation is 1. The number of nitrogens with zero attached hydrogens (tertiary/aromatic N) is 6. The number of carbonyl (C=O) groups excluding carboxylic acids is 1. The van der Waals surface area contributed by atoms with Crippen molar-refractivity contribution in [3.63, 3.8) is 0 Å². The van der Waals surface area contributed by atoms with Crippen LogP contribution in [0.4, 0.5) is 5.69 Å². The molecule has 0 spiro atoms. The summed E-state index contributed by atoms with van der Waals surface area (Å²) in [7, 11) is 0. The highest BCUT2D eigenvalue weighted by atomic mass is 35.5. The summed E-state index contributed by atoms with van der Waals surface area (Å²) < 4.78 is 10.8. The molecule has 0 aliphatic carbocycles. The standard InChI is InChI=1S/C21H22ClN7O2/c1-3-28-15(2)16(10-25-28)12-27-13-17(11-24-27)26-21(30)19-8-9-23-29(19)14-31-20-7-5-4-6-18(20)22/h4-11,13H,3,12,14H2,1-2H3,(H,26,30). The van der Waals surface area contributed by atoms with Crippen molar-refractivity contribution in [3.8, 4) is 5.75 Å². The van der Waals surface area contributed by atoms with Gasteiger partial charge in [-0.05, 0) is 32.0 Å². The fourth-order valence-electron chi connectivity index (χ4n) is 3.16. The molecule has 4 rings (SSSR count). The third-order valence-corrected chi connectivity index (χ3v) is 5.17. The zero-order valence-corrected chi connectivity index (χ0v) is 18.0. The van der Waals surface area contributed by atoms with E-state index >= 15 is 0 Å². The van der Waals surface area contributed by atoms with Gasteiger partial charge in [-0.25, -0.2) is 4.68 Å². The summed E-state index contributed by atoms with van der Waals surface area (Å²) >= 11 is 6.11. The number of nitrogens with one attached hydrogen (secondary N) is 1. The van der Waals surface area contributed by atoms with Gasteiger partial charge < -0.3 is 10.1 Å². The number of hydrogen-bond donors (Lipinski definition) is 1. The number of benzene rings is 1. The highest BCUT2D eigenvalue weighted by Gasteiger charge is 2.14. The lowest BCUT2D eigenvalue weighted by Gasteiger charge is -2.10. The minimum absolute atomic E-state index is 0.0550. The van der Waals surface area contributed by atoms with Crippen LogP contribution in [-0.2, 0) is 19.8 Å². The molecule has 160 valence electrons. The first-order valence-electron chi connectivity index (χ1n) is 9.79. The summed E-state index contributed by atoms with van der Waals surface area (Å²) in [4.78, 5) is 12.7. The molecule has 9 nitrogen and oxygen atoms in total. The van der Waals surface area contributed by atoms with Gasteiger partial charge in [0.15, 0.2) is 6.73 Å². The van der Waals surface area contributed by atoms with Gasteiger partial charge in [0.2, 0.25) is 0 Å². The first-order valence-corrected chi connectivity index (χ1v) is 10.2. The molecule has 0 radical (unpaired) electrons. The molecule has 0 aliphatic heterocycles. The first-order chi connectivity index (χ1) is 15.0. The molecule has 0 saturated heterocycles. The smallest absolute Gasteiger partial charge is 0.274 e. The molecule has 3 heterocycles. The number of rotatable bonds is 8. The number of aromatic nitrogens is 6. The van der Waals surface area contributed by atoms with E-state index in [2.05, 4.69) is 27.5 Å². The largest absolute Gasteiger partial charge is 0.470 e. The molecule has 4 aromatic rings. The number of carbonyl (C=O) groups is 1. The van der Waals surface area contributed by atoms with Crippen LogP contribution >= 0.6 is 11.6 Å². The molecule has 1 amide bonds. The lowest BCUT2D eigenvalue weighted by Crippen LogP contribution is -2.19. The second-order valence-electron chi connectivity index (χ2n) is 6.87. The van der Waals surface area contributed by atoms with Gasteiger partial charge >= 0.3 is 0 Å². The van der Waals surface area contributed by atoms with Crippen LogP contribution in [0.3, 0.4) is 0 Å². The number of halogens is 1. The second-order valence-corrected chi connectivity index (χ2v) is 7.28. The van der Waals surface area contributed by atoms with Crippen molar-refractivity contribution in [2.45, 2.75) is 33.7 Å². The number of hydrogen-bond acceptors (Lipinski definition) is 5. The molecule has 10 heteroatoms. The second kappa shape index (κ2) is 9.05. The minimum atomic E-state index is -0.310. The van der Waals surface area contributed by atoms with E-state index in [9.17, 15) is 4.79 Å². The summed E-state index contributed by atoms with van der Waals surface area (Å²) in [6, 6.07) is 8.76. The van der Waals surface area contributed by atoms with Gasteiger partial charge in [-0.1, -0.05) is 23.7 Å². The van der Waals surface area contributed by atoms with Crippen molar-refractivity contribution in [2.75, 3.05) is 5.32 Å². The Morgan fingerprint density at radius 3 is 2.74 bits per heavy atom. The molecule has 0 saturated carbocycles. The molecular weight excluding hydrogens is 418 g/mol. The summed E-state index contributed by atoms with van der Waals surface area (Å²) in [6.45, 7) is 5.53. The SMILES string of the molecule is CCn1ncc(Cn2cc(NC(=O)c3ccnn3COc3ccccc3Cl)cn2)c1C. The normalized spacial score (nSPS) is 10.9. The van der Waals surface area contributed by atoms with Crippen LogP contribution in [-0.4, -0.2) is 35.2 Å². The molecule has 1 N–H and O–H groups in total. The fourth-order valence-corrected chi connectivity index (χ4v) is 3.35. The zero-order chi connectivity index (χ0) is 21.8. The Balaban J connectivity index is 1.40. The predicted molar refractivity (Wildman–Crippen MR) is 116 cm³/mol. The van der Waals surface area contributed by atoms with Gasteiger partial charge in [0.05, 0.1) is 29.6 Å². The van der Waals surface area contributed by atoms with Crippen molar-refractivity contribution >= 4 is 23.2 Å². The van der Waals surface area contributed by atoms with E-state index in [-0.39, 0.29) is 12.6 Å². The monoisotopic (exact) mass is 439 g/mol. The Kier molecular flexibility index (Phi) is 6.03. The van der Waals surface area contributed by atoms with Gasteiger partial charge in [-0.3, -0.25) is 14.2 Å². The quantitative estimate of drug-likeness (QED) is 0.453. The average molecular weight is 440 g/mol. The summed E-state index contributed by atoms with van der Waals surface area (Å²) in [5, 5.41) is 16.2. The Labute approximate surface area is 184 Å². The number of anilines is 1. The Hall–Kier alpha value is -3.59. The molecule has 0 bridgehead atoms. The Bertz CT molecular complexity index is 1190. The van der Waals surface area contributed by atoms with Crippen molar-refractivity contribution < 1.29 is 9.53 Å². The van der Waals surface area contributed by atoms with Crippen LogP contribution in [0, 0.1) is 6.92 Å². The van der Waals surface area contributed by atoms with E-state index in [0.29, 0.717) is 28.7 Å². The van der Waals surface area contributed by atoms with Crippen LogP contribution in [0.25, 0.3) is 0 Å². The van der Waals surface area contributed by atoms with Crippen LogP contribution in [0.2, 0.25) is 5.02 Å². The Morgan fingerprint density at radius 1 is 1.13 bits per heavy atom. The average Bonchev–Trinajstić information content (AvgIpc) is 3.49. The van der Waals surface area contributed by atoms with Crippen LogP contribution in [0.5, 0.6) is 5.75 Å². The third-order valence-electron chi connectivity index (χ3n) is 4.86. The van der Waals surface area contributed by atoms with Crippen molar-refractivity contribution in [2.24, 2.45) is 0 Å². The molecule has 0 atom stereocenters. The number of ether oxygens (including phenoxy) is 1. The lowest BCUT2D eigenvalue weighted by molar-refractivity contribution is 0.100. The minimum Gasteiger partial charge on any atom is -0.470 e. The molecule has 1 aromatic carbocycles. The van der Waals surface area contributed by atoms with Crippen LogP contribution < -0.4 is 10.1 Å². The summed E-state index contributed by atoms with van der Waals surface area (Å²) in [5.74, 6) is 0.212. The van der Waals surface area contributed by atoms with Gasteiger partial charge in [0.25, 0.3) is 5.91 Å². The van der Waals surface area contributed by atoms with E-state index in [1.165, 1.54) is 4.68 Å². The Morgan fingerprint density at radius 2 is 1.97 bits per heavy atom. The van der Waals surface area contributed by atoms with E-state index in [1.807, 2.05) is 29.9 Å². The van der Waals surface area contributed by atoms with E-state index in [4.69, 9.17) is 16.3 Å². The molecule has 3 aromatic heterocycles. The van der Waals surface area contributed by atoms with Crippen molar-refractivity contribution in [3.05, 3.63) is 77.1 Å². The van der Waals surface area contributed by atoms with Gasteiger partial charge in [-0.15, -0.1) is 0 Å². The van der Waals surface area contributed by atoms with Crippen molar-refractivity contribution in [1.29, 1.82) is 0 Å². The molecule has 31 heavy (non-hydrogen) atoms. The van der Waals surface area contributed by atoms with E-state index in [1.54, 1.807) is 41.5 Å². The highest BCUT2D eigenvalue weighted by Crippen LogP contribution is 2.23. The maximum absolute atomic E-state index is 12.7. The van der Waals surface area contributed by atoms with E-state index < -0.39 is 0 Å². The fraction of sp³-hybridized carbons (Fsp3) is 0.238. The molecule has 0 unspecified atom stereocenters. The summed E-state index contributed by atoms with van der Waals surface area (Å²) in [5.41, 5.74) is 3.13. The predicted octanol–water partition coefficient (Wildman–Crippen LogP) is 3.59. The maximum atomic E-state index is 12.7. The number of amides is 1. The lowest BCUT2D eigenvalue weighted by atomic mass is 10.2. The van der Waals surface area contributed by atoms with E-state index in [0.717, 1.165) is 17.8 Å². The third kappa shape index (κ3) is 4.61. The number of para-hydroxylation sites is 1. The van der Waals surface area contributed by atoms with Gasteiger partial charge in [0, 0.05) is 30.2 Å². The highest BCUT2D eigenvalue weighted by molar-refractivity contribution is 6.32. The van der Waals surface area contributed by atoms with Gasteiger partial charge in [-0.2, -0.15) is 15.3 Å². The first kappa shape index (κ1) is 20.7. The molecular formula is C21H22ClN7O2. The topological polar surface area (TPSA) is 91.8 Å². The van der Waals surface area contributed by atoms with Gasteiger partial charge in [0.1, 0.15) is 11.4 Å². The van der Waals surface area contributed by atoms with Crippen LogP contribution in [0.15, 0.2) is 55.1 Å². The molecule has 0 fully saturated rings.